The third-order valence-electron chi connectivity index (χ3n) is 2.37. The van der Waals surface area contributed by atoms with Crippen molar-refractivity contribution in [1.82, 2.24) is 0 Å². The van der Waals surface area contributed by atoms with Gasteiger partial charge in [0.05, 0.1) is 10.0 Å². The maximum atomic E-state index is 11.0. The summed E-state index contributed by atoms with van der Waals surface area (Å²) in [6.45, 7) is 0. The van der Waals surface area contributed by atoms with E-state index in [0.29, 0.717) is 20.6 Å². The van der Waals surface area contributed by atoms with Gasteiger partial charge in [-0.2, -0.15) is 0 Å². The zero-order chi connectivity index (χ0) is 12.4. The van der Waals surface area contributed by atoms with E-state index in [1.54, 1.807) is 30.3 Å². The number of carbonyl (C=O) groups excluding carboxylic acids is 1. The highest BCUT2D eigenvalue weighted by molar-refractivity contribution is 6.42. The van der Waals surface area contributed by atoms with Crippen LogP contribution in [-0.4, -0.2) is 6.29 Å². The van der Waals surface area contributed by atoms with E-state index in [0.717, 1.165) is 17.4 Å². The molecule has 0 radical (unpaired) electrons. The number of benzene rings is 2. The van der Waals surface area contributed by atoms with Crippen LogP contribution in [-0.2, 0) is 0 Å². The zero-order valence-corrected chi connectivity index (χ0v) is 10.9. The van der Waals surface area contributed by atoms with Gasteiger partial charge in [-0.1, -0.05) is 46.9 Å². The van der Waals surface area contributed by atoms with E-state index in [-0.39, 0.29) is 0 Å². The first kappa shape index (κ1) is 12.4. The highest BCUT2D eigenvalue weighted by Crippen LogP contribution is 2.31. The molecule has 0 amide bonds. The molecular formula is C13H7Cl3O. The Morgan fingerprint density at radius 1 is 0.882 bits per heavy atom. The Morgan fingerprint density at radius 2 is 1.65 bits per heavy atom. The second-order valence-corrected chi connectivity index (χ2v) is 4.73. The predicted molar refractivity (Wildman–Crippen MR) is 72.3 cm³/mol. The van der Waals surface area contributed by atoms with Gasteiger partial charge in [0.25, 0.3) is 0 Å². The zero-order valence-electron chi connectivity index (χ0n) is 8.58. The molecule has 0 atom stereocenters. The summed E-state index contributed by atoms with van der Waals surface area (Å²) in [5.74, 6) is 0. The Balaban J connectivity index is 2.59. The minimum Gasteiger partial charge on any atom is -0.298 e. The van der Waals surface area contributed by atoms with Crippen molar-refractivity contribution < 1.29 is 4.79 Å². The molecule has 0 fully saturated rings. The maximum Gasteiger partial charge on any atom is 0.150 e. The molecule has 0 heterocycles. The molecule has 0 unspecified atom stereocenters. The monoisotopic (exact) mass is 284 g/mol. The number of halogens is 3. The summed E-state index contributed by atoms with van der Waals surface area (Å²) in [5.41, 5.74) is 2.14. The van der Waals surface area contributed by atoms with E-state index in [2.05, 4.69) is 0 Å². The highest BCUT2D eigenvalue weighted by Gasteiger charge is 2.07. The van der Waals surface area contributed by atoms with E-state index in [1.807, 2.05) is 6.07 Å². The van der Waals surface area contributed by atoms with Crippen molar-refractivity contribution in [3.05, 3.63) is 57.0 Å². The van der Waals surface area contributed by atoms with Gasteiger partial charge in [-0.15, -0.1) is 0 Å². The van der Waals surface area contributed by atoms with Gasteiger partial charge in [-0.25, -0.2) is 0 Å². The average molecular weight is 286 g/mol. The largest absolute Gasteiger partial charge is 0.298 e. The van der Waals surface area contributed by atoms with Crippen LogP contribution in [0.3, 0.4) is 0 Å². The Bertz CT molecular complexity index is 579. The number of aldehydes is 1. The summed E-state index contributed by atoms with van der Waals surface area (Å²) >= 11 is 17.6. The second-order valence-electron chi connectivity index (χ2n) is 3.48. The fourth-order valence-corrected chi connectivity index (χ4v) is 2.04. The van der Waals surface area contributed by atoms with Gasteiger partial charge in [0.15, 0.2) is 6.29 Å². The molecule has 0 spiro atoms. The summed E-state index contributed by atoms with van der Waals surface area (Å²) in [6.07, 6.45) is 0.768. The summed E-state index contributed by atoms with van der Waals surface area (Å²) in [4.78, 5) is 11.0. The fourth-order valence-electron chi connectivity index (χ4n) is 1.56. The molecule has 0 N–H and O–H groups in total. The van der Waals surface area contributed by atoms with Gasteiger partial charge in [0, 0.05) is 10.6 Å². The van der Waals surface area contributed by atoms with E-state index < -0.39 is 0 Å². The summed E-state index contributed by atoms with van der Waals surface area (Å²) in [6, 6.07) is 10.4. The first-order valence-electron chi connectivity index (χ1n) is 4.82. The molecule has 0 aromatic heterocycles. The van der Waals surface area contributed by atoms with Crippen LogP contribution < -0.4 is 0 Å². The molecule has 0 aliphatic heterocycles. The van der Waals surface area contributed by atoms with Gasteiger partial charge >= 0.3 is 0 Å². The maximum absolute atomic E-state index is 11.0. The minimum absolute atomic E-state index is 0.455. The molecular weight excluding hydrogens is 279 g/mol. The van der Waals surface area contributed by atoms with Crippen LogP contribution >= 0.6 is 34.8 Å². The van der Waals surface area contributed by atoms with E-state index in [1.165, 1.54) is 0 Å². The Labute approximate surface area is 114 Å². The lowest BCUT2D eigenvalue weighted by atomic mass is 10.0. The first-order chi connectivity index (χ1) is 8.11. The lowest BCUT2D eigenvalue weighted by Gasteiger charge is -2.06. The van der Waals surface area contributed by atoms with E-state index >= 15 is 0 Å². The van der Waals surface area contributed by atoms with Crippen molar-refractivity contribution in [2.45, 2.75) is 0 Å². The van der Waals surface area contributed by atoms with Crippen molar-refractivity contribution in [2.75, 3.05) is 0 Å². The van der Waals surface area contributed by atoms with Crippen LogP contribution in [0.25, 0.3) is 11.1 Å². The Hall–Kier alpha value is -1.02. The number of hydrogen-bond donors (Lipinski definition) is 0. The normalized spacial score (nSPS) is 10.3. The van der Waals surface area contributed by atoms with Crippen LogP contribution in [0.15, 0.2) is 36.4 Å². The van der Waals surface area contributed by atoms with E-state index in [9.17, 15) is 4.79 Å². The molecule has 17 heavy (non-hydrogen) atoms. The first-order valence-corrected chi connectivity index (χ1v) is 5.95. The third-order valence-corrected chi connectivity index (χ3v) is 3.35. The summed E-state index contributed by atoms with van der Waals surface area (Å²) in [7, 11) is 0. The average Bonchev–Trinajstić information content (AvgIpc) is 2.32. The lowest BCUT2D eigenvalue weighted by molar-refractivity contribution is 0.112. The molecule has 1 nitrogen and oxygen atoms in total. The van der Waals surface area contributed by atoms with Crippen molar-refractivity contribution in [3.8, 4) is 11.1 Å². The fraction of sp³-hybridized carbons (Fsp3) is 0. The van der Waals surface area contributed by atoms with Crippen LogP contribution in [0.4, 0.5) is 0 Å². The molecule has 0 saturated heterocycles. The van der Waals surface area contributed by atoms with Crippen LogP contribution in [0.1, 0.15) is 10.4 Å². The van der Waals surface area contributed by atoms with Gasteiger partial charge in [0.2, 0.25) is 0 Å². The van der Waals surface area contributed by atoms with Crippen molar-refractivity contribution in [3.63, 3.8) is 0 Å². The smallest absolute Gasteiger partial charge is 0.150 e. The lowest BCUT2D eigenvalue weighted by Crippen LogP contribution is -1.87. The summed E-state index contributed by atoms with van der Waals surface area (Å²) in [5, 5.41) is 1.46. The van der Waals surface area contributed by atoms with Gasteiger partial charge in [-0.05, 0) is 35.4 Å². The van der Waals surface area contributed by atoms with Crippen LogP contribution in [0.5, 0.6) is 0 Å². The molecule has 4 heteroatoms. The minimum atomic E-state index is 0.455. The van der Waals surface area contributed by atoms with Gasteiger partial charge in [0.1, 0.15) is 0 Å². The summed E-state index contributed by atoms with van der Waals surface area (Å²) < 4.78 is 0. The highest BCUT2D eigenvalue weighted by atomic mass is 35.5. The quantitative estimate of drug-likeness (QED) is 0.699. The van der Waals surface area contributed by atoms with Gasteiger partial charge in [-0.3, -0.25) is 4.79 Å². The molecule has 0 saturated carbocycles. The number of carbonyl (C=O) groups is 1. The Morgan fingerprint density at radius 3 is 2.29 bits per heavy atom. The second kappa shape index (κ2) is 5.09. The molecule has 0 aliphatic carbocycles. The SMILES string of the molecule is O=Cc1cc(Cl)ccc1-c1ccc(Cl)c(Cl)c1. The molecule has 2 aromatic rings. The van der Waals surface area contributed by atoms with E-state index in [4.69, 9.17) is 34.8 Å². The molecule has 0 bridgehead atoms. The predicted octanol–water partition coefficient (Wildman–Crippen LogP) is 5.13. The van der Waals surface area contributed by atoms with Crippen LogP contribution in [0, 0.1) is 0 Å². The topological polar surface area (TPSA) is 17.1 Å². The van der Waals surface area contributed by atoms with Crippen LogP contribution in [0.2, 0.25) is 15.1 Å². The number of hydrogen-bond acceptors (Lipinski definition) is 1. The Kier molecular flexibility index (Phi) is 3.72. The third kappa shape index (κ3) is 2.63. The molecule has 0 aliphatic rings. The molecule has 2 aromatic carbocycles. The molecule has 2 rings (SSSR count). The van der Waals surface area contributed by atoms with Gasteiger partial charge < -0.3 is 0 Å². The van der Waals surface area contributed by atoms with Crippen molar-refractivity contribution in [2.24, 2.45) is 0 Å². The number of rotatable bonds is 2. The standard InChI is InChI=1S/C13H7Cl3O/c14-10-2-3-11(9(5-10)7-17)8-1-4-12(15)13(16)6-8/h1-7H. The molecule has 86 valence electrons. The van der Waals surface area contributed by atoms with Crippen molar-refractivity contribution in [1.29, 1.82) is 0 Å². The van der Waals surface area contributed by atoms with Crippen molar-refractivity contribution >= 4 is 41.1 Å².